The number of likely N-dealkylation sites (tertiary alicyclic amines) is 2. The molecule has 1 unspecified atom stereocenters. The number of piperidine rings is 1. The fraction of sp³-hybridized carbons (Fsp3) is 0.640. The van der Waals surface area contributed by atoms with Gasteiger partial charge >= 0.3 is 0 Å². The molecule has 5 rings (SSSR count). The first kappa shape index (κ1) is 21.4. The molecule has 1 saturated carbocycles. The van der Waals surface area contributed by atoms with E-state index in [4.69, 9.17) is 14.2 Å². The lowest BCUT2D eigenvalue weighted by atomic mass is 9.76. The summed E-state index contributed by atoms with van der Waals surface area (Å²) in [4.78, 5) is 22.1. The van der Waals surface area contributed by atoms with Gasteiger partial charge in [0.15, 0.2) is 5.82 Å². The van der Waals surface area contributed by atoms with E-state index in [1.807, 2.05) is 36.1 Å². The highest BCUT2D eigenvalue weighted by Gasteiger charge is 2.46. The summed E-state index contributed by atoms with van der Waals surface area (Å²) >= 11 is 0. The summed E-state index contributed by atoms with van der Waals surface area (Å²) in [6.07, 6.45) is 7.19. The number of hydrogen-bond donors (Lipinski definition) is 0. The number of nitrogens with zero attached hydrogens (tertiary/aromatic N) is 4. The van der Waals surface area contributed by atoms with Gasteiger partial charge in [0.05, 0.1) is 19.1 Å². The third-order valence-corrected chi connectivity index (χ3v) is 7.72. The Morgan fingerprint density at radius 2 is 1.97 bits per heavy atom. The summed E-state index contributed by atoms with van der Waals surface area (Å²) in [7, 11) is 2.17. The Morgan fingerprint density at radius 3 is 2.62 bits per heavy atom. The SMILES string of the molecule is CCOc1ccc(CC(=O)N2CCC3(CC2)CC(c2noc(C4CCC4)n2)N(C)C3)cc1. The lowest BCUT2D eigenvalue weighted by molar-refractivity contribution is -0.132. The van der Waals surface area contributed by atoms with Crippen LogP contribution in [0.15, 0.2) is 28.8 Å². The molecule has 1 aliphatic carbocycles. The molecule has 1 aromatic carbocycles. The van der Waals surface area contributed by atoms with E-state index in [1.54, 1.807) is 0 Å². The van der Waals surface area contributed by atoms with Gasteiger partial charge in [-0.05, 0) is 69.2 Å². The Balaban J connectivity index is 1.16. The van der Waals surface area contributed by atoms with Crippen LogP contribution in [-0.4, -0.2) is 59.1 Å². The highest BCUT2D eigenvalue weighted by molar-refractivity contribution is 5.79. The first-order chi connectivity index (χ1) is 15.5. The van der Waals surface area contributed by atoms with Gasteiger partial charge in [-0.15, -0.1) is 0 Å². The van der Waals surface area contributed by atoms with Gasteiger partial charge in [0.2, 0.25) is 11.8 Å². The Kier molecular flexibility index (Phi) is 5.93. The molecule has 2 aliphatic heterocycles. The highest BCUT2D eigenvalue weighted by atomic mass is 16.5. The van der Waals surface area contributed by atoms with Crippen LogP contribution < -0.4 is 4.74 Å². The Bertz CT molecular complexity index is 929. The van der Waals surface area contributed by atoms with Crippen LogP contribution >= 0.6 is 0 Å². The number of aromatic nitrogens is 2. The molecule has 1 atom stereocenters. The average molecular weight is 439 g/mol. The number of amides is 1. The largest absolute Gasteiger partial charge is 0.494 e. The molecule has 2 saturated heterocycles. The van der Waals surface area contributed by atoms with Crippen LogP contribution in [0.5, 0.6) is 5.75 Å². The van der Waals surface area contributed by atoms with Crippen molar-refractivity contribution in [2.24, 2.45) is 5.41 Å². The molecule has 0 N–H and O–H groups in total. The molecule has 3 heterocycles. The van der Waals surface area contributed by atoms with E-state index in [1.165, 1.54) is 19.3 Å². The summed E-state index contributed by atoms with van der Waals surface area (Å²) in [5.41, 5.74) is 1.28. The van der Waals surface area contributed by atoms with Gasteiger partial charge in [-0.2, -0.15) is 4.98 Å². The number of hydrogen-bond acceptors (Lipinski definition) is 6. The van der Waals surface area contributed by atoms with Crippen LogP contribution in [0.25, 0.3) is 0 Å². The van der Waals surface area contributed by atoms with Crippen molar-refractivity contribution in [3.63, 3.8) is 0 Å². The number of carbonyl (C=O) groups is 1. The zero-order valence-corrected chi connectivity index (χ0v) is 19.3. The van der Waals surface area contributed by atoms with E-state index in [9.17, 15) is 4.79 Å². The minimum Gasteiger partial charge on any atom is -0.494 e. The number of ether oxygens (including phenoxy) is 1. The molecule has 3 fully saturated rings. The van der Waals surface area contributed by atoms with E-state index in [-0.39, 0.29) is 17.4 Å². The molecule has 1 aromatic heterocycles. The van der Waals surface area contributed by atoms with Crippen LogP contribution in [0.2, 0.25) is 0 Å². The van der Waals surface area contributed by atoms with Crippen molar-refractivity contribution in [1.82, 2.24) is 19.9 Å². The highest BCUT2D eigenvalue weighted by Crippen LogP contribution is 2.48. The van der Waals surface area contributed by atoms with Gasteiger partial charge in [0.25, 0.3) is 0 Å². The molecule has 7 nitrogen and oxygen atoms in total. The zero-order valence-electron chi connectivity index (χ0n) is 19.3. The first-order valence-corrected chi connectivity index (χ1v) is 12.1. The van der Waals surface area contributed by atoms with Crippen molar-refractivity contribution in [1.29, 1.82) is 0 Å². The summed E-state index contributed by atoms with van der Waals surface area (Å²) in [6.45, 7) is 5.32. The van der Waals surface area contributed by atoms with Crippen LogP contribution in [0.1, 0.15) is 74.7 Å². The van der Waals surface area contributed by atoms with E-state index in [2.05, 4.69) is 17.1 Å². The Labute approximate surface area is 190 Å². The van der Waals surface area contributed by atoms with Gasteiger partial charge in [-0.25, -0.2) is 0 Å². The monoisotopic (exact) mass is 438 g/mol. The smallest absolute Gasteiger partial charge is 0.229 e. The molecule has 32 heavy (non-hydrogen) atoms. The molecule has 3 aliphatic rings. The normalized spacial score (nSPS) is 23.4. The van der Waals surface area contributed by atoms with Gasteiger partial charge in [-0.3, -0.25) is 9.69 Å². The predicted molar refractivity (Wildman–Crippen MR) is 120 cm³/mol. The van der Waals surface area contributed by atoms with E-state index in [0.717, 1.165) is 61.9 Å². The first-order valence-electron chi connectivity index (χ1n) is 12.1. The number of carbonyl (C=O) groups excluding carboxylic acids is 1. The summed E-state index contributed by atoms with van der Waals surface area (Å²) < 4.78 is 11.1. The van der Waals surface area contributed by atoms with Crippen molar-refractivity contribution in [2.45, 2.75) is 63.8 Å². The fourth-order valence-corrected chi connectivity index (χ4v) is 5.51. The second kappa shape index (κ2) is 8.85. The van der Waals surface area contributed by atoms with Crippen molar-refractivity contribution in [2.75, 3.05) is 33.3 Å². The van der Waals surface area contributed by atoms with Crippen molar-refractivity contribution in [3.8, 4) is 5.75 Å². The molecule has 7 heteroatoms. The molecule has 2 aromatic rings. The third-order valence-electron chi connectivity index (χ3n) is 7.72. The van der Waals surface area contributed by atoms with Crippen molar-refractivity contribution >= 4 is 5.91 Å². The summed E-state index contributed by atoms with van der Waals surface area (Å²) in [5.74, 6) is 3.22. The zero-order chi connectivity index (χ0) is 22.1. The van der Waals surface area contributed by atoms with Gasteiger partial charge < -0.3 is 14.2 Å². The maximum atomic E-state index is 12.9. The second-order valence-corrected chi connectivity index (χ2v) is 9.89. The maximum absolute atomic E-state index is 12.9. The van der Waals surface area contributed by atoms with E-state index >= 15 is 0 Å². The molecule has 0 bridgehead atoms. The minimum absolute atomic E-state index is 0.218. The number of benzene rings is 1. The summed E-state index contributed by atoms with van der Waals surface area (Å²) in [6, 6.07) is 8.10. The van der Waals surface area contributed by atoms with Crippen molar-refractivity contribution in [3.05, 3.63) is 41.5 Å². The third kappa shape index (κ3) is 4.27. The standard InChI is InChI=1S/C25H34N4O3/c1-3-31-20-9-7-18(8-10-20)15-22(30)29-13-11-25(12-14-29)16-21(28(2)17-25)23-26-24(32-27-23)19-5-4-6-19/h7-10,19,21H,3-6,11-17H2,1-2H3. The Hall–Kier alpha value is -2.41. The van der Waals surface area contributed by atoms with Gasteiger partial charge in [0, 0.05) is 25.6 Å². The van der Waals surface area contributed by atoms with Gasteiger partial charge in [-0.1, -0.05) is 23.7 Å². The van der Waals surface area contributed by atoms with Crippen molar-refractivity contribution < 1.29 is 14.1 Å². The Morgan fingerprint density at radius 1 is 1.22 bits per heavy atom. The number of rotatable bonds is 6. The van der Waals surface area contributed by atoms with Crippen LogP contribution in [0.3, 0.4) is 0 Å². The quantitative estimate of drug-likeness (QED) is 0.680. The molecule has 0 radical (unpaired) electrons. The molecule has 1 amide bonds. The topological polar surface area (TPSA) is 71.7 Å². The van der Waals surface area contributed by atoms with Crippen LogP contribution in [-0.2, 0) is 11.2 Å². The fourth-order valence-electron chi connectivity index (χ4n) is 5.51. The second-order valence-electron chi connectivity index (χ2n) is 9.89. The maximum Gasteiger partial charge on any atom is 0.229 e. The minimum atomic E-state index is 0.218. The molecule has 1 spiro atoms. The molecule has 172 valence electrons. The average Bonchev–Trinajstić information content (AvgIpc) is 3.33. The lowest BCUT2D eigenvalue weighted by Gasteiger charge is -2.39. The molecular formula is C25H34N4O3. The van der Waals surface area contributed by atoms with Crippen LogP contribution in [0, 0.1) is 5.41 Å². The van der Waals surface area contributed by atoms with E-state index < -0.39 is 0 Å². The molecular weight excluding hydrogens is 404 g/mol. The predicted octanol–water partition coefficient (Wildman–Crippen LogP) is 3.96. The van der Waals surface area contributed by atoms with Gasteiger partial charge in [0.1, 0.15) is 5.75 Å². The summed E-state index contributed by atoms with van der Waals surface area (Å²) in [5, 5.41) is 4.34. The van der Waals surface area contributed by atoms with Crippen LogP contribution in [0.4, 0.5) is 0 Å². The van der Waals surface area contributed by atoms with E-state index in [0.29, 0.717) is 18.9 Å². The lowest BCUT2D eigenvalue weighted by Crippen LogP contribution is -2.44.